The molecule has 0 aliphatic carbocycles. The Hall–Kier alpha value is -3.65. The lowest BCUT2D eigenvalue weighted by Gasteiger charge is -2.11. The quantitative estimate of drug-likeness (QED) is 0.501. The van der Waals surface area contributed by atoms with Crippen molar-refractivity contribution < 1.29 is 9.59 Å². The summed E-state index contributed by atoms with van der Waals surface area (Å²) in [5.41, 5.74) is 4.66. The van der Waals surface area contributed by atoms with Crippen molar-refractivity contribution in [1.82, 2.24) is 4.57 Å². The molecule has 0 saturated carbocycles. The fourth-order valence-corrected chi connectivity index (χ4v) is 3.39. The summed E-state index contributed by atoms with van der Waals surface area (Å²) in [6.45, 7) is 7.81. The van der Waals surface area contributed by atoms with Gasteiger partial charge in [-0.05, 0) is 55.7 Å². The number of rotatable bonds is 5. The van der Waals surface area contributed by atoms with Crippen molar-refractivity contribution in [2.45, 2.75) is 33.6 Å². The minimum atomic E-state index is -0.684. The van der Waals surface area contributed by atoms with Gasteiger partial charge >= 0.3 is 0 Å². The van der Waals surface area contributed by atoms with Crippen molar-refractivity contribution in [2.24, 2.45) is 0 Å². The summed E-state index contributed by atoms with van der Waals surface area (Å²) in [7, 11) is 0. The van der Waals surface area contributed by atoms with Crippen LogP contribution in [0.3, 0.4) is 0 Å². The number of para-hydroxylation sites is 1. The standard InChI is InChI=1S/C24H23N3O2/c1-15(2)18-9-11-20(12-10-18)26-24(29)23(28)21-13-16(3)27(17(21)4)22-8-6-5-7-19(22)14-25/h5-13,15H,1-4H3,(H,26,29). The molecule has 0 aliphatic heterocycles. The summed E-state index contributed by atoms with van der Waals surface area (Å²) in [5.74, 6) is -0.897. The number of Topliss-reactive ketones (excluding diaryl/α,β-unsaturated/α-hetero) is 1. The van der Waals surface area contributed by atoms with Crippen LogP contribution in [0.25, 0.3) is 5.69 Å². The van der Waals surface area contributed by atoms with E-state index in [1.165, 1.54) is 0 Å². The zero-order chi connectivity index (χ0) is 21.1. The van der Waals surface area contributed by atoms with Gasteiger partial charge in [0.15, 0.2) is 0 Å². The van der Waals surface area contributed by atoms with E-state index in [-0.39, 0.29) is 0 Å². The topological polar surface area (TPSA) is 74.9 Å². The van der Waals surface area contributed by atoms with Gasteiger partial charge in [-0.3, -0.25) is 9.59 Å². The number of benzene rings is 2. The minimum absolute atomic E-state index is 0.326. The van der Waals surface area contributed by atoms with E-state index in [0.29, 0.717) is 34.1 Å². The molecule has 0 atom stereocenters. The summed E-state index contributed by atoms with van der Waals surface area (Å²) in [6.07, 6.45) is 0. The molecule has 3 aromatic rings. The van der Waals surface area contributed by atoms with Gasteiger partial charge in [0, 0.05) is 22.6 Å². The van der Waals surface area contributed by atoms with Gasteiger partial charge in [0.25, 0.3) is 11.7 Å². The highest BCUT2D eigenvalue weighted by Crippen LogP contribution is 2.24. The molecular weight excluding hydrogens is 362 g/mol. The molecule has 3 rings (SSSR count). The third-order valence-electron chi connectivity index (χ3n) is 4.98. The van der Waals surface area contributed by atoms with Gasteiger partial charge in [-0.25, -0.2) is 0 Å². The van der Waals surface area contributed by atoms with Crippen LogP contribution in [0.2, 0.25) is 0 Å². The Balaban J connectivity index is 1.88. The van der Waals surface area contributed by atoms with Gasteiger partial charge in [-0.1, -0.05) is 38.1 Å². The van der Waals surface area contributed by atoms with Crippen LogP contribution in [0.4, 0.5) is 5.69 Å². The smallest absolute Gasteiger partial charge is 0.296 e. The summed E-state index contributed by atoms with van der Waals surface area (Å²) in [4.78, 5) is 25.3. The summed E-state index contributed by atoms with van der Waals surface area (Å²) >= 11 is 0. The molecule has 0 saturated heterocycles. The Kier molecular flexibility index (Phi) is 5.65. The first kappa shape index (κ1) is 20.1. The van der Waals surface area contributed by atoms with Crippen LogP contribution < -0.4 is 5.32 Å². The average Bonchev–Trinajstić information content (AvgIpc) is 3.01. The predicted octanol–water partition coefficient (Wildman–Crippen LogP) is 4.91. The lowest BCUT2D eigenvalue weighted by atomic mass is 10.0. The van der Waals surface area contributed by atoms with Gasteiger partial charge < -0.3 is 9.88 Å². The van der Waals surface area contributed by atoms with Gasteiger partial charge in [-0.15, -0.1) is 0 Å². The maximum atomic E-state index is 12.8. The average molecular weight is 385 g/mol. The molecule has 0 radical (unpaired) electrons. The Morgan fingerprint density at radius 3 is 2.31 bits per heavy atom. The highest BCUT2D eigenvalue weighted by atomic mass is 16.2. The van der Waals surface area contributed by atoms with Gasteiger partial charge in [0.1, 0.15) is 6.07 Å². The van der Waals surface area contributed by atoms with Crippen molar-refractivity contribution in [3.8, 4) is 11.8 Å². The molecule has 1 N–H and O–H groups in total. The number of nitrogens with zero attached hydrogens (tertiary/aromatic N) is 2. The number of nitriles is 1. The van der Waals surface area contributed by atoms with E-state index >= 15 is 0 Å². The molecule has 0 spiro atoms. The van der Waals surface area contributed by atoms with Gasteiger partial charge in [0.05, 0.1) is 11.3 Å². The first-order valence-corrected chi connectivity index (χ1v) is 9.47. The molecule has 1 aromatic heterocycles. The van der Waals surface area contributed by atoms with E-state index in [0.717, 1.165) is 11.3 Å². The van der Waals surface area contributed by atoms with Crippen LogP contribution in [0, 0.1) is 25.2 Å². The molecular formula is C24H23N3O2. The number of carbonyl (C=O) groups excluding carboxylic acids is 2. The largest absolute Gasteiger partial charge is 0.319 e. The van der Waals surface area contributed by atoms with Crippen LogP contribution >= 0.6 is 0 Å². The Morgan fingerprint density at radius 1 is 1.03 bits per heavy atom. The second-order valence-corrected chi connectivity index (χ2v) is 7.31. The molecule has 5 nitrogen and oxygen atoms in total. The Bertz CT molecular complexity index is 1120. The van der Waals surface area contributed by atoms with Crippen molar-refractivity contribution in [3.63, 3.8) is 0 Å². The lowest BCUT2D eigenvalue weighted by Crippen LogP contribution is -2.23. The monoisotopic (exact) mass is 385 g/mol. The van der Waals surface area contributed by atoms with E-state index in [4.69, 9.17) is 0 Å². The summed E-state index contributed by atoms with van der Waals surface area (Å²) in [6, 6.07) is 18.5. The first-order valence-electron chi connectivity index (χ1n) is 9.47. The number of aryl methyl sites for hydroxylation is 1. The maximum Gasteiger partial charge on any atom is 0.296 e. The van der Waals surface area contributed by atoms with Crippen LogP contribution in [-0.4, -0.2) is 16.3 Å². The molecule has 0 aliphatic rings. The molecule has 0 bridgehead atoms. The molecule has 1 amide bonds. The van der Waals surface area contributed by atoms with Gasteiger partial charge in [-0.2, -0.15) is 5.26 Å². The van der Waals surface area contributed by atoms with Crippen LogP contribution in [0.15, 0.2) is 54.6 Å². The molecule has 2 aromatic carbocycles. The highest BCUT2D eigenvalue weighted by molar-refractivity contribution is 6.46. The fourth-order valence-electron chi connectivity index (χ4n) is 3.39. The zero-order valence-corrected chi connectivity index (χ0v) is 17.0. The Morgan fingerprint density at radius 2 is 1.69 bits per heavy atom. The molecule has 0 unspecified atom stereocenters. The molecule has 5 heteroatoms. The molecule has 29 heavy (non-hydrogen) atoms. The second-order valence-electron chi connectivity index (χ2n) is 7.31. The highest BCUT2D eigenvalue weighted by Gasteiger charge is 2.23. The molecule has 0 fully saturated rings. The SMILES string of the molecule is Cc1cc(C(=O)C(=O)Nc2ccc(C(C)C)cc2)c(C)n1-c1ccccc1C#N. The van der Waals surface area contributed by atoms with Crippen molar-refractivity contribution in [2.75, 3.05) is 5.32 Å². The Labute approximate surface area is 170 Å². The number of aromatic nitrogens is 1. The third kappa shape index (κ3) is 3.97. The van der Waals surface area contributed by atoms with Crippen LogP contribution in [0.5, 0.6) is 0 Å². The minimum Gasteiger partial charge on any atom is -0.319 e. The van der Waals surface area contributed by atoms with Crippen molar-refractivity contribution in [3.05, 3.63) is 82.7 Å². The second kappa shape index (κ2) is 8.15. The number of amides is 1. The molecule has 1 heterocycles. The fraction of sp³-hybridized carbons (Fsp3) is 0.208. The lowest BCUT2D eigenvalue weighted by molar-refractivity contribution is -0.112. The summed E-state index contributed by atoms with van der Waals surface area (Å²) < 4.78 is 1.83. The number of ketones is 1. The zero-order valence-electron chi connectivity index (χ0n) is 17.0. The van der Waals surface area contributed by atoms with E-state index in [2.05, 4.69) is 25.2 Å². The maximum absolute atomic E-state index is 12.8. The number of carbonyl (C=O) groups is 2. The normalized spacial score (nSPS) is 10.6. The number of hydrogen-bond donors (Lipinski definition) is 1. The van der Waals surface area contributed by atoms with E-state index in [9.17, 15) is 14.9 Å². The van der Waals surface area contributed by atoms with E-state index in [1.54, 1.807) is 37.3 Å². The van der Waals surface area contributed by atoms with Crippen LogP contribution in [-0.2, 0) is 4.79 Å². The van der Waals surface area contributed by atoms with Gasteiger partial charge in [0.2, 0.25) is 0 Å². The first-order chi connectivity index (χ1) is 13.8. The number of anilines is 1. The summed E-state index contributed by atoms with van der Waals surface area (Å²) in [5, 5.41) is 12.1. The number of nitrogens with one attached hydrogen (secondary N) is 1. The number of hydrogen-bond acceptors (Lipinski definition) is 3. The van der Waals surface area contributed by atoms with E-state index in [1.807, 2.05) is 35.8 Å². The third-order valence-corrected chi connectivity index (χ3v) is 4.98. The van der Waals surface area contributed by atoms with Crippen molar-refractivity contribution >= 4 is 17.4 Å². The van der Waals surface area contributed by atoms with E-state index < -0.39 is 11.7 Å². The predicted molar refractivity (Wildman–Crippen MR) is 113 cm³/mol. The van der Waals surface area contributed by atoms with Crippen molar-refractivity contribution in [1.29, 1.82) is 5.26 Å². The van der Waals surface area contributed by atoms with Crippen LogP contribution in [0.1, 0.15) is 52.6 Å². The molecule has 146 valence electrons.